The maximum atomic E-state index is 12.4. The quantitative estimate of drug-likeness (QED) is 0.747. The van der Waals surface area contributed by atoms with Crippen molar-refractivity contribution in [3.05, 3.63) is 41.0 Å². The molecule has 7 nitrogen and oxygen atoms in total. The first-order valence-corrected chi connectivity index (χ1v) is 9.84. The van der Waals surface area contributed by atoms with E-state index < -0.39 is 16.0 Å². The number of carboxylic acids is 1. The number of nitrogens with one attached hydrogen (secondary N) is 2. The van der Waals surface area contributed by atoms with Gasteiger partial charge in [0.05, 0.1) is 10.4 Å². The molecule has 1 aliphatic rings. The summed E-state index contributed by atoms with van der Waals surface area (Å²) in [5, 5.41) is 12.3. The average Bonchev–Trinajstić information content (AvgIpc) is 3.03. The topological polar surface area (TPSA) is 108 Å². The monoisotopic (exact) mass is 367 g/mol. The van der Waals surface area contributed by atoms with Gasteiger partial charge >= 0.3 is 5.97 Å². The van der Waals surface area contributed by atoms with Crippen LogP contribution in [0, 0.1) is 0 Å². The Bertz CT molecular complexity index is 825. The van der Waals surface area contributed by atoms with Crippen molar-refractivity contribution in [2.24, 2.45) is 0 Å². The van der Waals surface area contributed by atoms with Gasteiger partial charge in [-0.3, -0.25) is 4.72 Å². The Labute approximate surface area is 143 Å². The van der Waals surface area contributed by atoms with Crippen LogP contribution in [-0.2, 0) is 10.0 Å². The third-order valence-corrected chi connectivity index (χ3v) is 6.23. The number of carbonyl (C=O) groups is 1. The minimum atomic E-state index is -3.84. The highest BCUT2D eigenvalue weighted by atomic mass is 32.2. The van der Waals surface area contributed by atoms with Gasteiger partial charge in [-0.05, 0) is 49.5 Å². The Balaban J connectivity index is 1.79. The Hall–Kier alpha value is -1.97. The molecular formula is C15H17N3O4S2. The van der Waals surface area contributed by atoms with Crippen LogP contribution in [0.25, 0.3) is 0 Å². The van der Waals surface area contributed by atoms with E-state index in [-0.39, 0.29) is 15.6 Å². The second-order valence-corrected chi connectivity index (χ2v) is 8.07. The summed E-state index contributed by atoms with van der Waals surface area (Å²) in [5.41, 5.74) is 2.12. The number of nitrogens with zero attached hydrogens (tertiary/aromatic N) is 1. The molecule has 0 radical (unpaired) electrons. The van der Waals surface area contributed by atoms with Gasteiger partial charge in [0.15, 0.2) is 5.69 Å². The molecule has 2 aromatic rings. The first-order chi connectivity index (χ1) is 11.5. The normalized spacial score (nSPS) is 16.0. The van der Waals surface area contributed by atoms with Gasteiger partial charge in [0.2, 0.25) is 0 Å². The predicted octanol–water partition coefficient (Wildman–Crippen LogP) is 2.11. The van der Waals surface area contributed by atoms with Crippen LogP contribution in [0.1, 0.15) is 34.8 Å². The lowest BCUT2D eigenvalue weighted by atomic mass is 9.90. The summed E-state index contributed by atoms with van der Waals surface area (Å²) >= 11 is 0.936. The highest BCUT2D eigenvalue weighted by Gasteiger charge is 2.22. The number of hydrogen-bond donors (Lipinski definition) is 3. The van der Waals surface area contributed by atoms with E-state index in [9.17, 15) is 13.2 Å². The Morgan fingerprint density at radius 2 is 1.92 bits per heavy atom. The zero-order chi connectivity index (χ0) is 17.2. The minimum absolute atomic E-state index is 0.00457. The lowest BCUT2D eigenvalue weighted by Gasteiger charge is -2.23. The molecule has 0 aliphatic carbocycles. The summed E-state index contributed by atoms with van der Waals surface area (Å²) in [7, 11) is -3.84. The fourth-order valence-electron chi connectivity index (χ4n) is 2.73. The number of aromatic nitrogens is 1. The van der Waals surface area contributed by atoms with Crippen molar-refractivity contribution in [2.75, 3.05) is 17.8 Å². The molecule has 0 atom stereocenters. The molecule has 0 unspecified atom stereocenters. The maximum Gasteiger partial charge on any atom is 0.357 e. The van der Waals surface area contributed by atoms with Crippen LogP contribution in [0.3, 0.4) is 0 Å². The number of sulfonamides is 1. The fraction of sp³-hybridized carbons (Fsp3) is 0.333. The molecule has 128 valence electrons. The van der Waals surface area contributed by atoms with Gasteiger partial charge in [-0.15, -0.1) is 11.3 Å². The molecule has 3 N–H and O–H groups in total. The van der Waals surface area contributed by atoms with E-state index in [0.717, 1.165) is 42.8 Å². The van der Waals surface area contributed by atoms with Crippen molar-refractivity contribution in [2.45, 2.75) is 23.7 Å². The number of carboxylic acid groups (broad SMARTS) is 1. The molecule has 1 aliphatic heterocycles. The van der Waals surface area contributed by atoms with Crippen LogP contribution in [0.5, 0.6) is 0 Å². The smallest absolute Gasteiger partial charge is 0.357 e. The van der Waals surface area contributed by atoms with E-state index in [2.05, 4.69) is 15.0 Å². The molecule has 0 spiro atoms. The van der Waals surface area contributed by atoms with Crippen molar-refractivity contribution in [3.63, 3.8) is 0 Å². The second kappa shape index (κ2) is 6.88. The SMILES string of the molecule is O=C(O)c1ncsc1NS(=O)(=O)c1ccc(C2CCNCC2)cc1. The van der Waals surface area contributed by atoms with Crippen molar-refractivity contribution in [3.8, 4) is 0 Å². The summed E-state index contributed by atoms with van der Waals surface area (Å²) in [4.78, 5) is 14.8. The zero-order valence-corrected chi connectivity index (χ0v) is 14.4. The third-order valence-electron chi connectivity index (χ3n) is 4.00. The standard InChI is InChI=1S/C15H17N3O4S2/c19-15(20)13-14(23-9-17-13)18-24(21,22)12-3-1-10(2-4-12)11-5-7-16-8-6-11/h1-4,9,11,16,18H,5-8H2,(H,19,20). The van der Waals surface area contributed by atoms with Crippen LogP contribution in [0.15, 0.2) is 34.7 Å². The number of aromatic carboxylic acids is 1. The van der Waals surface area contributed by atoms with Crippen molar-refractivity contribution >= 4 is 32.3 Å². The van der Waals surface area contributed by atoms with Crippen LogP contribution in [0.2, 0.25) is 0 Å². The number of rotatable bonds is 5. The summed E-state index contributed by atoms with van der Waals surface area (Å²) < 4.78 is 27.2. The number of hydrogen-bond acceptors (Lipinski definition) is 6. The molecule has 1 aromatic heterocycles. The maximum absolute atomic E-state index is 12.4. The lowest BCUT2D eigenvalue weighted by molar-refractivity contribution is 0.0692. The van der Waals surface area contributed by atoms with E-state index in [0.29, 0.717) is 5.92 Å². The van der Waals surface area contributed by atoms with Crippen molar-refractivity contribution < 1.29 is 18.3 Å². The largest absolute Gasteiger partial charge is 0.476 e. The molecule has 0 amide bonds. The molecule has 0 saturated carbocycles. The molecule has 3 rings (SSSR count). The van der Waals surface area contributed by atoms with E-state index in [4.69, 9.17) is 5.11 Å². The number of thiazole rings is 1. The summed E-state index contributed by atoms with van der Waals surface area (Å²) in [6, 6.07) is 6.77. The number of benzene rings is 1. The van der Waals surface area contributed by atoms with Gasteiger partial charge in [-0.1, -0.05) is 12.1 Å². The summed E-state index contributed by atoms with van der Waals surface area (Å²) in [5.74, 6) is -0.828. The number of piperidine rings is 1. The van der Waals surface area contributed by atoms with E-state index in [1.165, 1.54) is 5.51 Å². The van der Waals surface area contributed by atoms with Crippen molar-refractivity contribution in [1.82, 2.24) is 10.3 Å². The first kappa shape index (κ1) is 16.9. The summed E-state index contributed by atoms with van der Waals surface area (Å²) in [6.45, 7) is 1.94. The van der Waals surface area contributed by atoms with E-state index >= 15 is 0 Å². The van der Waals surface area contributed by atoms with Gasteiger partial charge in [-0.25, -0.2) is 18.2 Å². The van der Waals surface area contributed by atoms with Crippen LogP contribution in [0.4, 0.5) is 5.00 Å². The molecule has 1 aromatic carbocycles. The van der Waals surface area contributed by atoms with Crippen LogP contribution in [-0.4, -0.2) is 37.6 Å². The Kier molecular flexibility index (Phi) is 4.83. The average molecular weight is 367 g/mol. The first-order valence-electron chi connectivity index (χ1n) is 7.47. The van der Waals surface area contributed by atoms with Crippen LogP contribution >= 0.6 is 11.3 Å². The zero-order valence-electron chi connectivity index (χ0n) is 12.7. The predicted molar refractivity (Wildman–Crippen MR) is 91.2 cm³/mol. The van der Waals surface area contributed by atoms with Crippen molar-refractivity contribution in [1.29, 1.82) is 0 Å². The van der Waals surface area contributed by atoms with Crippen LogP contribution < -0.4 is 10.0 Å². The Morgan fingerprint density at radius 1 is 1.25 bits per heavy atom. The fourth-order valence-corrected chi connectivity index (χ4v) is 4.72. The molecule has 2 heterocycles. The third kappa shape index (κ3) is 3.58. The van der Waals surface area contributed by atoms with E-state index in [1.807, 2.05) is 12.1 Å². The molecule has 1 saturated heterocycles. The van der Waals surface area contributed by atoms with Gasteiger partial charge in [0.1, 0.15) is 5.00 Å². The van der Waals surface area contributed by atoms with Gasteiger partial charge < -0.3 is 10.4 Å². The molecule has 1 fully saturated rings. The van der Waals surface area contributed by atoms with Gasteiger partial charge in [0, 0.05) is 0 Å². The molecule has 24 heavy (non-hydrogen) atoms. The second-order valence-electron chi connectivity index (χ2n) is 5.53. The molecule has 0 bridgehead atoms. The minimum Gasteiger partial charge on any atom is -0.476 e. The van der Waals surface area contributed by atoms with Gasteiger partial charge in [0.25, 0.3) is 10.0 Å². The Morgan fingerprint density at radius 3 is 2.54 bits per heavy atom. The molecular weight excluding hydrogens is 350 g/mol. The highest BCUT2D eigenvalue weighted by molar-refractivity contribution is 7.93. The van der Waals surface area contributed by atoms with Gasteiger partial charge in [-0.2, -0.15) is 0 Å². The number of anilines is 1. The molecule has 9 heteroatoms. The highest BCUT2D eigenvalue weighted by Crippen LogP contribution is 2.28. The van der Waals surface area contributed by atoms with E-state index in [1.54, 1.807) is 12.1 Å². The lowest BCUT2D eigenvalue weighted by Crippen LogP contribution is -2.26. The summed E-state index contributed by atoms with van der Waals surface area (Å²) in [6.07, 6.45) is 2.07.